The molecule has 1 amide bonds. The standard InChI is InChI=1S/C31H40N2O3Si/c1-30(2,3)35-29(34)33-23-21-32(22-24-33)27-19-13-14-20-28(27)36-37(31(4,5)6,25-15-9-7-10-16-25)26-17-11-8-12-18-26/h7-20H,21-24H2,1-6H3. The van der Waals surface area contributed by atoms with Gasteiger partial charge in [0.15, 0.2) is 0 Å². The van der Waals surface area contributed by atoms with Gasteiger partial charge in [0.25, 0.3) is 0 Å². The van der Waals surface area contributed by atoms with E-state index < -0.39 is 13.9 Å². The van der Waals surface area contributed by atoms with Gasteiger partial charge in [-0.3, -0.25) is 0 Å². The molecule has 0 saturated carbocycles. The van der Waals surface area contributed by atoms with Crippen LogP contribution >= 0.6 is 0 Å². The molecule has 1 saturated heterocycles. The van der Waals surface area contributed by atoms with Gasteiger partial charge in [0.2, 0.25) is 0 Å². The first-order valence-corrected chi connectivity index (χ1v) is 15.0. The minimum absolute atomic E-state index is 0.127. The highest BCUT2D eigenvalue weighted by Gasteiger charge is 2.52. The van der Waals surface area contributed by atoms with E-state index in [0.717, 1.165) is 24.5 Å². The fourth-order valence-corrected chi connectivity index (χ4v) is 9.51. The van der Waals surface area contributed by atoms with Crippen molar-refractivity contribution in [1.29, 1.82) is 0 Å². The van der Waals surface area contributed by atoms with E-state index in [9.17, 15) is 4.79 Å². The summed E-state index contributed by atoms with van der Waals surface area (Å²) < 4.78 is 12.9. The second kappa shape index (κ2) is 10.6. The molecule has 3 aromatic carbocycles. The number of carbonyl (C=O) groups is 1. The maximum Gasteiger partial charge on any atom is 0.410 e. The quantitative estimate of drug-likeness (QED) is 0.409. The van der Waals surface area contributed by atoms with Gasteiger partial charge in [0, 0.05) is 26.2 Å². The summed E-state index contributed by atoms with van der Waals surface area (Å²) in [4.78, 5) is 16.7. The van der Waals surface area contributed by atoms with Crippen molar-refractivity contribution in [2.45, 2.75) is 52.2 Å². The van der Waals surface area contributed by atoms with Crippen LogP contribution in [0, 0.1) is 0 Å². The number of amides is 1. The average molecular weight is 517 g/mol. The molecule has 0 N–H and O–H groups in total. The van der Waals surface area contributed by atoms with E-state index in [0.29, 0.717) is 13.1 Å². The van der Waals surface area contributed by atoms with Gasteiger partial charge in [0.1, 0.15) is 11.4 Å². The lowest BCUT2D eigenvalue weighted by Gasteiger charge is -2.44. The van der Waals surface area contributed by atoms with Crippen molar-refractivity contribution < 1.29 is 14.0 Å². The highest BCUT2D eigenvalue weighted by atomic mass is 28.4. The van der Waals surface area contributed by atoms with Crippen LogP contribution in [0.1, 0.15) is 41.5 Å². The van der Waals surface area contributed by atoms with Crippen molar-refractivity contribution in [2.75, 3.05) is 31.1 Å². The molecule has 1 fully saturated rings. The molecule has 1 heterocycles. The van der Waals surface area contributed by atoms with E-state index in [1.165, 1.54) is 10.4 Å². The van der Waals surface area contributed by atoms with E-state index in [1.807, 2.05) is 26.8 Å². The Balaban J connectivity index is 1.68. The van der Waals surface area contributed by atoms with Crippen LogP contribution in [0.2, 0.25) is 5.04 Å². The Kier molecular flexibility index (Phi) is 7.69. The Morgan fingerprint density at radius 1 is 0.703 bits per heavy atom. The summed E-state index contributed by atoms with van der Waals surface area (Å²) in [7, 11) is -2.75. The molecule has 0 bridgehead atoms. The molecule has 0 unspecified atom stereocenters. The molecule has 37 heavy (non-hydrogen) atoms. The van der Waals surface area contributed by atoms with Gasteiger partial charge in [-0.05, 0) is 48.3 Å². The summed E-state index contributed by atoms with van der Waals surface area (Å²) in [5, 5.41) is 2.37. The molecule has 0 spiro atoms. The van der Waals surface area contributed by atoms with Crippen molar-refractivity contribution in [1.82, 2.24) is 4.90 Å². The van der Waals surface area contributed by atoms with Crippen LogP contribution < -0.4 is 19.7 Å². The summed E-state index contributed by atoms with van der Waals surface area (Å²) in [6.07, 6.45) is -0.246. The summed E-state index contributed by atoms with van der Waals surface area (Å²) in [5.41, 5.74) is 0.573. The minimum Gasteiger partial charge on any atom is -0.533 e. The van der Waals surface area contributed by atoms with Crippen LogP contribution in [0.5, 0.6) is 5.75 Å². The molecule has 4 rings (SSSR count). The minimum atomic E-state index is -2.75. The fourth-order valence-electron chi connectivity index (χ4n) is 5.08. The number of ether oxygens (including phenoxy) is 1. The van der Waals surface area contributed by atoms with Crippen LogP contribution in [0.25, 0.3) is 0 Å². The fraction of sp³-hybridized carbons (Fsp3) is 0.387. The molecule has 0 atom stereocenters. The maximum absolute atomic E-state index is 12.6. The number of rotatable bonds is 5. The number of benzene rings is 3. The van der Waals surface area contributed by atoms with Crippen LogP contribution in [-0.4, -0.2) is 51.1 Å². The third kappa shape index (κ3) is 5.85. The number of hydrogen-bond acceptors (Lipinski definition) is 4. The predicted molar refractivity (Wildman–Crippen MR) is 155 cm³/mol. The summed E-state index contributed by atoms with van der Waals surface area (Å²) in [6.45, 7) is 15.3. The first-order valence-electron chi connectivity index (χ1n) is 13.1. The van der Waals surface area contributed by atoms with E-state index in [4.69, 9.17) is 9.16 Å². The molecule has 0 aliphatic carbocycles. The average Bonchev–Trinajstić information content (AvgIpc) is 2.87. The Morgan fingerprint density at radius 2 is 1.19 bits per heavy atom. The van der Waals surface area contributed by atoms with Crippen LogP contribution in [0.3, 0.4) is 0 Å². The SMILES string of the molecule is CC(C)(C)OC(=O)N1CCN(c2ccccc2O[Si](c2ccccc2)(c2ccccc2)C(C)(C)C)CC1. The number of anilines is 1. The van der Waals surface area contributed by atoms with Gasteiger partial charge in [-0.1, -0.05) is 93.6 Å². The van der Waals surface area contributed by atoms with E-state index in [2.05, 4.69) is 105 Å². The highest BCUT2D eigenvalue weighted by molar-refractivity contribution is 7.00. The van der Waals surface area contributed by atoms with Gasteiger partial charge in [-0.25, -0.2) is 4.79 Å². The summed E-state index contributed by atoms with van der Waals surface area (Å²) in [6, 6.07) is 29.8. The smallest absolute Gasteiger partial charge is 0.410 e. The van der Waals surface area contributed by atoms with E-state index >= 15 is 0 Å². The monoisotopic (exact) mass is 516 g/mol. The van der Waals surface area contributed by atoms with E-state index in [1.54, 1.807) is 4.90 Å². The predicted octanol–water partition coefficient (Wildman–Crippen LogP) is 5.68. The maximum atomic E-state index is 12.6. The lowest BCUT2D eigenvalue weighted by molar-refractivity contribution is 0.0240. The zero-order valence-electron chi connectivity index (χ0n) is 23.0. The summed E-state index contributed by atoms with van der Waals surface area (Å²) >= 11 is 0. The molecule has 0 radical (unpaired) electrons. The van der Waals surface area contributed by atoms with E-state index in [-0.39, 0.29) is 11.1 Å². The largest absolute Gasteiger partial charge is 0.533 e. The molecule has 196 valence electrons. The van der Waals surface area contributed by atoms with Crippen molar-refractivity contribution in [2.24, 2.45) is 0 Å². The van der Waals surface area contributed by atoms with Crippen molar-refractivity contribution in [3.8, 4) is 5.75 Å². The number of para-hydroxylation sites is 2. The van der Waals surface area contributed by atoms with Gasteiger partial charge >= 0.3 is 14.4 Å². The molecule has 5 nitrogen and oxygen atoms in total. The Labute approximate surface area is 223 Å². The third-order valence-electron chi connectivity index (χ3n) is 6.82. The van der Waals surface area contributed by atoms with Crippen molar-refractivity contribution in [3.05, 3.63) is 84.9 Å². The molecular formula is C31H40N2O3Si. The van der Waals surface area contributed by atoms with Gasteiger partial charge in [-0.15, -0.1) is 0 Å². The Hall–Kier alpha value is -3.25. The number of carbonyl (C=O) groups excluding carboxylic acids is 1. The summed E-state index contributed by atoms with van der Waals surface area (Å²) in [5.74, 6) is 0.891. The van der Waals surface area contributed by atoms with Gasteiger partial charge < -0.3 is 19.0 Å². The first-order chi connectivity index (χ1) is 17.5. The van der Waals surface area contributed by atoms with Crippen molar-refractivity contribution >= 4 is 30.5 Å². The zero-order valence-corrected chi connectivity index (χ0v) is 24.0. The van der Waals surface area contributed by atoms with Crippen LogP contribution in [0.4, 0.5) is 10.5 Å². The molecule has 1 aliphatic heterocycles. The number of nitrogens with zero attached hydrogens (tertiary/aromatic N) is 2. The topological polar surface area (TPSA) is 42.0 Å². The van der Waals surface area contributed by atoms with Gasteiger partial charge in [-0.2, -0.15) is 0 Å². The lowest BCUT2D eigenvalue weighted by Crippen LogP contribution is -2.69. The van der Waals surface area contributed by atoms with Crippen LogP contribution in [0.15, 0.2) is 84.9 Å². The lowest BCUT2D eigenvalue weighted by atomic mass is 10.2. The molecule has 6 heteroatoms. The third-order valence-corrected chi connectivity index (χ3v) is 11.7. The van der Waals surface area contributed by atoms with Crippen molar-refractivity contribution in [3.63, 3.8) is 0 Å². The van der Waals surface area contributed by atoms with Crippen LogP contribution in [-0.2, 0) is 4.74 Å². The number of piperazine rings is 1. The molecule has 0 aromatic heterocycles. The Bertz CT molecular complexity index is 1140. The van der Waals surface area contributed by atoms with Gasteiger partial charge in [0.05, 0.1) is 5.69 Å². The highest BCUT2D eigenvalue weighted by Crippen LogP contribution is 2.40. The number of hydrogen-bond donors (Lipinski definition) is 0. The zero-order chi connectivity index (χ0) is 26.7. The molecular weight excluding hydrogens is 476 g/mol. The Morgan fingerprint density at radius 3 is 1.68 bits per heavy atom. The second-order valence-electron chi connectivity index (χ2n) is 11.7. The second-order valence-corrected chi connectivity index (χ2v) is 15.9. The normalized spacial score (nSPS) is 14.9. The first kappa shape index (κ1) is 26.8. The molecule has 3 aromatic rings. The molecule has 1 aliphatic rings.